The summed E-state index contributed by atoms with van der Waals surface area (Å²) in [4.78, 5) is 17.3. The van der Waals surface area contributed by atoms with Crippen LogP contribution in [0.25, 0.3) is 0 Å². The van der Waals surface area contributed by atoms with E-state index in [1.165, 1.54) is 0 Å². The van der Waals surface area contributed by atoms with Crippen molar-refractivity contribution >= 4 is 40.7 Å². The van der Waals surface area contributed by atoms with Crippen molar-refractivity contribution in [1.82, 2.24) is 9.88 Å². The quantitative estimate of drug-likeness (QED) is 0.837. The zero-order valence-electron chi connectivity index (χ0n) is 12.4. The lowest BCUT2D eigenvalue weighted by Crippen LogP contribution is -2.48. The third-order valence-corrected chi connectivity index (χ3v) is 4.94. The number of rotatable bonds is 2. The van der Waals surface area contributed by atoms with E-state index < -0.39 is 0 Å². The van der Waals surface area contributed by atoms with Crippen LogP contribution >= 0.6 is 34.8 Å². The number of carbonyl (C=O) groups excluding carboxylic acids is 1. The van der Waals surface area contributed by atoms with Gasteiger partial charge >= 0.3 is 0 Å². The molecule has 23 heavy (non-hydrogen) atoms. The number of hydrogen-bond acceptors (Lipinski definition) is 2. The molecule has 1 aliphatic heterocycles. The van der Waals surface area contributed by atoms with Crippen LogP contribution in [0.5, 0.6) is 0 Å². The number of aromatic nitrogens is 1. The van der Waals surface area contributed by atoms with Crippen molar-refractivity contribution in [2.45, 2.75) is 19.1 Å². The number of amides is 1. The van der Waals surface area contributed by atoms with Crippen LogP contribution in [0.1, 0.15) is 29.1 Å². The molecule has 0 aliphatic carbocycles. The van der Waals surface area contributed by atoms with Gasteiger partial charge in [0.2, 0.25) is 0 Å². The van der Waals surface area contributed by atoms with Crippen LogP contribution in [-0.4, -0.2) is 35.0 Å². The first-order chi connectivity index (χ1) is 11.0. The summed E-state index contributed by atoms with van der Waals surface area (Å²) in [6, 6.07) is 8.98. The zero-order chi connectivity index (χ0) is 16.6. The number of hydrogen-bond donors (Lipinski definition) is 1. The topological polar surface area (TPSA) is 45.3 Å². The fraction of sp³-hybridized carbons (Fsp3) is 0.312. The molecule has 1 fully saturated rings. The second kappa shape index (κ2) is 6.73. The lowest BCUT2D eigenvalue weighted by molar-refractivity contribution is -0.0487. The summed E-state index contributed by atoms with van der Waals surface area (Å²) >= 11 is 18.0. The van der Waals surface area contributed by atoms with Gasteiger partial charge in [0.15, 0.2) is 0 Å². The molecule has 2 atom stereocenters. The lowest BCUT2D eigenvalue weighted by Gasteiger charge is -2.38. The minimum Gasteiger partial charge on any atom is -0.369 e. The van der Waals surface area contributed by atoms with E-state index in [2.05, 4.69) is 4.98 Å². The number of ether oxygens (including phenoxy) is 1. The second-order valence-corrected chi connectivity index (χ2v) is 6.69. The van der Waals surface area contributed by atoms with Gasteiger partial charge in [-0.15, -0.1) is 0 Å². The molecule has 0 bridgehead atoms. The van der Waals surface area contributed by atoms with Gasteiger partial charge in [-0.3, -0.25) is 4.79 Å². The van der Waals surface area contributed by atoms with Crippen LogP contribution in [0.4, 0.5) is 0 Å². The zero-order valence-corrected chi connectivity index (χ0v) is 14.6. The molecule has 2 heterocycles. The summed E-state index contributed by atoms with van der Waals surface area (Å²) < 4.78 is 5.86. The van der Waals surface area contributed by atoms with Crippen LogP contribution in [0.2, 0.25) is 15.2 Å². The van der Waals surface area contributed by atoms with E-state index in [0.717, 1.165) is 5.56 Å². The van der Waals surface area contributed by atoms with Gasteiger partial charge in [-0.2, -0.15) is 0 Å². The Morgan fingerprint density at radius 2 is 2.00 bits per heavy atom. The maximum absolute atomic E-state index is 12.7. The molecular weight excluding hydrogens is 359 g/mol. The Bertz CT molecular complexity index is 712. The van der Waals surface area contributed by atoms with Crippen molar-refractivity contribution in [1.29, 1.82) is 0 Å². The fourth-order valence-electron chi connectivity index (χ4n) is 2.64. The van der Waals surface area contributed by atoms with Crippen LogP contribution in [0, 0.1) is 0 Å². The Labute approximate surface area is 149 Å². The van der Waals surface area contributed by atoms with E-state index in [1.54, 1.807) is 11.0 Å². The summed E-state index contributed by atoms with van der Waals surface area (Å²) in [5, 5.41) is 1.22. The van der Waals surface area contributed by atoms with Crippen molar-refractivity contribution < 1.29 is 9.53 Å². The van der Waals surface area contributed by atoms with E-state index in [0.29, 0.717) is 28.9 Å². The maximum atomic E-state index is 12.7. The van der Waals surface area contributed by atoms with Crippen LogP contribution in [0.3, 0.4) is 0 Å². The van der Waals surface area contributed by atoms with E-state index >= 15 is 0 Å². The van der Waals surface area contributed by atoms with E-state index in [9.17, 15) is 4.79 Å². The van der Waals surface area contributed by atoms with Crippen molar-refractivity contribution in [2.24, 2.45) is 0 Å². The Kier molecular flexibility index (Phi) is 4.87. The summed E-state index contributed by atoms with van der Waals surface area (Å²) in [6.07, 6.45) is -0.259. The highest BCUT2D eigenvalue weighted by atomic mass is 35.5. The summed E-state index contributed by atoms with van der Waals surface area (Å²) in [5.74, 6) is -0.161. The van der Waals surface area contributed by atoms with Crippen molar-refractivity contribution in [2.75, 3.05) is 13.2 Å². The smallest absolute Gasteiger partial charge is 0.270 e. The van der Waals surface area contributed by atoms with Gasteiger partial charge in [0.25, 0.3) is 5.91 Å². The molecule has 0 saturated carbocycles. The molecule has 1 amide bonds. The molecular formula is C16H15Cl3N2O2. The third kappa shape index (κ3) is 3.36. The monoisotopic (exact) mass is 372 g/mol. The Morgan fingerprint density at radius 3 is 2.65 bits per heavy atom. The number of nitrogens with one attached hydrogen (secondary N) is 1. The Hall–Kier alpha value is -1.20. The van der Waals surface area contributed by atoms with Gasteiger partial charge in [0.05, 0.1) is 24.2 Å². The molecule has 1 N–H and O–H groups in total. The molecule has 2 aromatic rings. The molecule has 1 aliphatic rings. The van der Waals surface area contributed by atoms with Gasteiger partial charge in [0, 0.05) is 10.6 Å². The lowest BCUT2D eigenvalue weighted by atomic mass is 10.1. The highest BCUT2D eigenvalue weighted by Gasteiger charge is 2.32. The molecule has 1 saturated heterocycles. The number of H-pyrrole nitrogens is 1. The molecule has 7 heteroatoms. The highest BCUT2D eigenvalue weighted by Crippen LogP contribution is 2.31. The average Bonchev–Trinajstić information content (AvgIpc) is 2.87. The van der Waals surface area contributed by atoms with Gasteiger partial charge in [-0.05, 0) is 19.1 Å². The molecule has 1 aromatic heterocycles. The van der Waals surface area contributed by atoms with Gasteiger partial charge in [0.1, 0.15) is 17.0 Å². The van der Waals surface area contributed by atoms with Gasteiger partial charge in [-0.25, -0.2) is 0 Å². The predicted octanol–water partition coefficient (Wildman–Crippen LogP) is 4.58. The average molecular weight is 374 g/mol. The number of halogens is 3. The van der Waals surface area contributed by atoms with E-state index in [4.69, 9.17) is 39.5 Å². The second-order valence-electron chi connectivity index (χ2n) is 5.49. The number of morpholine rings is 1. The summed E-state index contributed by atoms with van der Waals surface area (Å²) in [7, 11) is 0. The number of carbonyl (C=O) groups is 1. The molecule has 122 valence electrons. The fourth-order valence-corrected chi connectivity index (χ4v) is 3.21. The van der Waals surface area contributed by atoms with Crippen molar-refractivity contribution in [3.05, 3.63) is 56.8 Å². The molecule has 4 nitrogen and oxygen atoms in total. The van der Waals surface area contributed by atoms with Crippen LogP contribution in [0.15, 0.2) is 30.3 Å². The third-order valence-electron chi connectivity index (χ3n) is 3.90. The van der Waals surface area contributed by atoms with Crippen molar-refractivity contribution in [3.8, 4) is 0 Å². The molecule has 0 unspecified atom stereocenters. The predicted molar refractivity (Wildman–Crippen MR) is 91.5 cm³/mol. The maximum Gasteiger partial charge on any atom is 0.270 e. The first kappa shape index (κ1) is 16.7. The Balaban J connectivity index is 1.83. The number of nitrogens with zero attached hydrogens (tertiary/aromatic N) is 1. The highest BCUT2D eigenvalue weighted by molar-refractivity contribution is 6.41. The van der Waals surface area contributed by atoms with E-state index in [-0.39, 0.29) is 23.2 Å². The molecule has 3 rings (SSSR count). The van der Waals surface area contributed by atoms with Gasteiger partial charge < -0.3 is 14.6 Å². The minimum absolute atomic E-state index is 0.0536. The standard InChI is InChI=1S/C16H15Cl3N2O2/c1-9-8-23-14(10-4-2-3-5-11(10)17)7-21(9)16(22)13-6-12(18)15(19)20-13/h2-6,9,14,20H,7-8H2,1H3/t9-,14-/m1/s1. The first-order valence-corrected chi connectivity index (χ1v) is 8.31. The molecule has 0 radical (unpaired) electrons. The molecule has 0 spiro atoms. The minimum atomic E-state index is -0.259. The number of benzene rings is 1. The molecule has 1 aromatic carbocycles. The van der Waals surface area contributed by atoms with Crippen LogP contribution in [-0.2, 0) is 4.74 Å². The summed E-state index contributed by atoms with van der Waals surface area (Å²) in [5.41, 5.74) is 1.24. The summed E-state index contributed by atoms with van der Waals surface area (Å²) in [6.45, 7) is 2.79. The Morgan fingerprint density at radius 1 is 1.26 bits per heavy atom. The van der Waals surface area contributed by atoms with Gasteiger partial charge in [-0.1, -0.05) is 53.0 Å². The first-order valence-electron chi connectivity index (χ1n) is 7.18. The normalized spacial score (nSPS) is 21.5. The van der Waals surface area contributed by atoms with Crippen LogP contribution < -0.4 is 0 Å². The SMILES string of the molecule is C[C@@H]1CO[C@@H](c2ccccc2Cl)CN1C(=O)c1cc(Cl)c(Cl)[nH]1. The largest absolute Gasteiger partial charge is 0.369 e. The van der Waals surface area contributed by atoms with E-state index in [1.807, 2.05) is 31.2 Å². The number of aromatic amines is 1. The van der Waals surface area contributed by atoms with Crippen molar-refractivity contribution in [3.63, 3.8) is 0 Å².